The van der Waals surface area contributed by atoms with E-state index in [1.165, 1.54) is 25.5 Å². The normalized spacial score (nSPS) is 10.8. The van der Waals surface area contributed by atoms with Crippen LogP contribution in [0.2, 0.25) is 5.15 Å². The molecule has 2 rings (SSSR count). The van der Waals surface area contributed by atoms with Gasteiger partial charge in [0.15, 0.2) is 0 Å². The molecule has 1 heterocycles. The van der Waals surface area contributed by atoms with Crippen LogP contribution in [0.1, 0.15) is 49.4 Å². The molecule has 0 saturated heterocycles. The molecule has 0 aliphatic heterocycles. The molecule has 0 amide bonds. The number of rotatable bonds is 7. The lowest BCUT2D eigenvalue weighted by atomic mass is 10.1. The van der Waals surface area contributed by atoms with Gasteiger partial charge >= 0.3 is 5.97 Å². The van der Waals surface area contributed by atoms with Gasteiger partial charge in [-0.2, -0.15) is 0 Å². The average Bonchev–Trinajstić information content (AvgIpc) is 2.51. The molecule has 3 nitrogen and oxygen atoms in total. The zero-order valence-electron chi connectivity index (χ0n) is 12.3. The van der Waals surface area contributed by atoms with Crippen LogP contribution in [0.5, 0.6) is 0 Å². The lowest BCUT2D eigenvalue weighted by Crippen LogP contribution is -2.08. The number of ether oxygens (including phenoxy) is 1. The van der Waals surface area contributed by atoms with Crippen LogP contribution < -0.4 is 0 Å². The van der Waals surface area contributed by atoms with E-state index in [-0.39, 0.29) is 5.97 Å². The summed E-state index contributed by atoms with van der Waals surface area (Å²) in [6, 6.07) is 7.46. The summed E-state index contributed by atoms with van der Waals surface area (Å²) in [7, 11) is 0. The largest absolute Gasteiger partial charge is 0.462 e. The lowest BCUT2D eigenvalue weighted by molar-refractivity contribution is 0.0499. The highest BCUT2D eigenvalue weighted by Crippen LogP contribution is 2.24. The van der Waals surface area contributed by atoms with Crippen molar-refractivity contribution < 1.29 is 9.53 Å². The van der Waals surface area contributed by atoms with E-state index < -0.39 is 0 Å². The minimum atomic E-state index is -0.328. The average molecular weight is 306 g/mol. The molecule has 0 N–H and O–H groups in total. The first-order valence-electron chi connectivity index (χ1n) is 7.44. The summed E-state index contributed by atoms with van der Waals surface area (Å²) in [4.78, 5) is 16.2. The second kappa shape index (κ2) is 7.99. The van der Waals surface area contributed by atoms with Crippen molar-refractivity contribution >= 4 is 28.3 Å². The summed E-state index contributed by atoms with van der Waals surface area (Å²) in [5.41, 5.74) is 0.476. The Labute approximate surface area is 130 Å². The Hall–Kier alpha value is -1.61. The van der Waals surface area contributed by atoms with E-state index in [0.717, 1.165) is 23.6 Å². The summed E-state index contributed by atoms with van der Waals surface area (Å²) in [5, 5.41) is 1.96. The minimum absolute atomic E-state index is 0.328. The predicted molar refractivity (Wildman–Crippen MR) is 85.8 cm³/mol. The van der Waals surface area contributed by atoms with Gasteiger partial charge in [-0.25, -0.2) is 9.78 Å². The van der Waals surface area contributed by atoms with Gasteiger partial charge in [0.25, 0.3) is 0 Å². The highest BCUT2D eigenvalue weighted by atomic mass is 35.5. The van der Waals surface area contributed by atoms with Gasteiger partial charge in [-0.3, -0.25) is 0 Å². The maximum atomic E-state index is 12.2. The molecule has 21 heavy (non-hydrogen) atoms. The van der Waals surface area contributed by atoms with Gasteiger partial charge in [0.1, 0.15) is 5.15 Å². The van der Waals surface area contributed by atoms with Gasteiger partial charge in [-0.1, -0.05) is 68.5 Å². The number of esters is 1. The van der Waals surface area contributed by atoms with Crippen LogP contribution in [0.3, 0.4) is 0 Å². The molecule has 0 aliphatic carbocycles. The fourth-order valence-corrected chi connectivity index (χ4v) is 2.48. The molecule has 0 aliphatic rings. The Kier molecular flexibility index (Phi) is 6.00. The van der Waals surface area contributed by atoms with Gasteiger partial charge in [0, 0.05) is 17.0 Å². The molecule has 0 unspecified atom stereocenters. The molecular formula is C17H20ClNO2. The van der Waals surface area contributed by atoms with Gasteiger partial charge in [-0.15, -0.1) is 0 Å². The van der Waals surface area contributed by atoms with Crippen molar-refractivity contribution in [2.24, 2.45) is 0 Å². The first-order valence-corrected chi connectivity index (χ1v) is 7.82. The number of benzene rings is 1. The van der Waals surface area contributed by atoms with E-state index in [9.17, 15) is 4.79 Å². The number of hydrogen-bond acceptors (Lipinski definition) is 3. The van der Waals surface area contributed by atoms with Crippen molar-refractivity contribution in [3.05, 3.63) is 41.2 Å². The molecule has 1 aromatic heterocycles. The Morgan fingerprint density at radius 2 is 1.86 bits per heavy atom. The van der Waals surface area contributed by atoms with Crippen molar-refractivity contribution in [3.8, 4) is 0 Å². The van der Waals surface area contributed by atoms with E-state index in [2.05, 4.69) is 11.9 Å². The molecule has 112 valence electrons. The number of aromatic nitrogens is 1. The van der Waals surface area contributed by atoms with Crippen LogP contribution in [0.15, 0.2) is 30.5 Å². The number of unbranched alkanes of at least 4 members (excludes halogenated alkanes) is 4. The number of carbonyl (C=O) groups is 1. The van der Waals surface area contributed by atoms with Gasteiger partial charge in [0.2, 0.25) is 0 Å². The number of carbonyl (C=O) groups excluding carboxylic acids is 1. The number of halogens is 1. The Balaban J connectivity index is 1.98. The van der Waals surface area contributed by atoms with Crippen LogP contribution in [-0.2, 0) is 4.74 Å². The highest BCUT2D eigenvalue weighted by Gasteiger charge is 2.13. The highest BCUT2D eigenvalue weighted by molar-refractivity contribution is 6.34. The number of pyridine rings is 1. The SMILES string of the molecule is CCCCCCCOC(=O)c1cnc(Cl)c2ccccc12. The zero-order valence-corrected chi connectivity index (χ0v) is 13.0. The lowest BCUT2D eigenvalue weighted by Gasteiger charge is -2.08. The van der Waals surface area contributed by atoms with Gasteiger partial charge < -0.3 is 4.74 Å². The molecule has 0 atom stereocenters. The van der Waals surface area contributed by atoms with Crippen LogP contribution in [0.4, 0.5) is 0 Å². The minimum Gasteiger partial charge on any atom is -0.462 e. The molecule has 4 heteroatoms. The predicted octanol–water partition coefficient (Wildman–Crippen LogP) is 5.02. The summed E-state index contributed by atoms with van der Waals surface area (Å²) in [6.45, 7) is 2.64. The van der Waals surface area contributed by atoms with Crippen molar-refractivity contribution in [2.75, 3.05) is 6.61 Å². The smallest absolute Gasteiger partial charge is 0.340 e. The summed E-state index contributed by atoms with van der Waals surface area (Å²) >= 11 is 6.05. The second-order valence-corrected chi connectivity index (χ2v) is 5.42. The third-order valence-electron chi connectivity index (χ3n) is 3.45. The molecule has 0 radical (unpaired) electrons. The summed E-state index contributed by atoms with van der Waals surface area (Å²) in [6.07, 6.45) is 7.14. The van der Waals surface area contributed by atoms with Crippen LogP contribution in [-0.4, -0.2) is 17.6 Å². The van der Waals surface area contributed by atoms with E-state index in [1.807, 2.05) is 24.3 Å². The van der Waals surface area contributed by atoms with Gasteiger partial charge in [0.05, 0.1) is 12.2 Å². The number of hydrogen-bond donors (Lipinski definition) is 0. The standard InChI is InChI=1S/C17H20ClNO2/c1-2-3-4-5-8-11-21-17(20)15-12-19-16(18)14-10-7-6-9-13(14)15/h6-7,9-10,12H,2-5,8,11H2,1H3. The van der Waals surface area contributed by atoms with E-state index >= 15 is 0 Å². The fourth-order valence-electron chi connectivity index (χ4n) is 2.27. The third kappa shape index (κ3) is 4.18. The number of nitrogens with zero attached hydrogens (tertiary/aromatic N) is 1. The third-order valence-corrected chi connectivity index (χ3v) is 3.75. The molecule has 0 spiro atoms. The molecular weight excluding hydrogens is 286 g/mol. The maximum Gasteiger partial charge on any atom is 0.340 e. The van der Waals surface area contributed by atoms with Crippen molar-refractivity contribution in [3.63, 3.8) is 0 Å². The molecule has 2 aromatic rings. The number of fused-ring (bicyclic) bond motifs is 1. The molecule has 0 bridgehead atoms. The molecule has 0 fully saturated rings. The topological polar surface area (TPSA) is 39.2 Å². The zero-order chi connectivity index (χ0) is 15.1. The van der Waals surface area contributed by atoms with Crippen molar-refractivity contribution in [1.82, 2.24) is 4.98 Å². The Morgan fingerprint density at radius 3 is 2.62 bits per heavy atom. The first kappa shape index (κ1) is 15.8. The summed E-state index contributed by atoms with van der Waals surface area (Å²) in [5.74, 6) is -0.328. The second-order valence-electron chi connectivity index (χ2n) is 5.06. The molecule has 1 aromatic carbocycles. The van der Waals surface area contributed by atoms with Crippen LogP contribution in [0, 0.1) is 0 Å². The van der Waals surface area contributed by atoms with Crippen LogP contribution in [0.25, 0.3) is 10.8 Å². The van der Waals surface area contributed by atoms with E-state index in [1.54, 1.807) is 0 Å². The monoisotopic (exact) mass is 305 g/mol. The fraction of sp³-hybridized carbons (Fsp3) is 0.412. The van der Waals surface area contributed by atoms with Gasteiger partial charge in [-0.05, 0) is 6.42 Å². The Bertz CT molecular complexity index is 613. The van der Waals surface area contributed by atoms with E-state index in [0.29, 0.717) is 17.3 Å². The van der Waals surface area contributed by atoms with Crippen LogP contribution >= 0.6 is 11.6 Å². The maximum absolute atomic E-state index is 12.2. The Morgan fingerprint density at radius 1 is 1.14 bits per heavy atom. The molecule has 0 saturated carbocycles. The first-order chi connectivity index (χ1) is 10.2. The van der Waals surface area contributed by atoms with E-state index in [4.69, 9.17) is 16.3 Å². The quantitative estimate of drug-likeness (QED) is 0.410. The van der Waals surface area contributed by atoms with Crippen molar-refractivity contribution in [2.45, 2.75) is 39.0 Å². The van der Waals surface area contributed by atoms with Crippen molar-refractivity contribution in [1.29, 1.82) is 0 Å². The summed E-state index contributed by atoms with van der Waals surface area (Å²) < 4.78 is 5.33.